The Morgan fingerprint density at radius 1 is 1.52 bits per heavy atom. The molecule has 0 aliphatic carbocycles. The standard InChI is InChI=1S/C19H33N5O5/c1-5-28-19(27)22(4)11-17-14(2)10-23(15(3)12-25)18(26)7-6-8-24-16(13-29-17)9-20-21-24/h9,14-15,17,25H,5-8,10-13H2,1-4H3/t14-,15-,17+/m1/s1. The number of aryl methyl sites for hydroxylation is 1. The van der Waals surface area contributed by atoms with Crippen molar-refractivity contribution in [2.24, 2.45) is 5.92 Å². The van der Waals surface area contributed by atoms with Crippen LogP contribution in [0.5, 0.6) is 0 Å². The van der Waals surface area contributed by atoms with Crippen molar-refractivity contribution in [1.82, 2.24) is 24.8 Å². The molecule has 10 nitrogen and oxygen atoms in total. The van der Waals surface area contributed by atoms with Gasteiger partial charge < -0.3 is 24.4 Å². The second-order valence-corrected chi connectivity index (χ2v) is 7.54. The quantitative estimate of drug-likeness (QED) is 0.766. The smallest absolute Gasteiger partial charge is 0.409 e. The fourth-order valence-electron chi connectivity index (χ4n) is 3.32. The summed E-state index contributed by atoms with van der Waals surface area (Å²) in [5.41, 5.74) is 0.828. The first-order valence-corrected chi connectivity index (χ1v) is 10.1. The number of nitrogens with zero attached hydrogens (tertiary/aromatic N) is 5. The number of aromatic nitrogens is 3. The highest BCUT2D eigenvalue weighted by Crippen LogP contribution is 2.18. The molecule has 1 N–H and O–H groups in total. The monoisotopic (exact) mass is 411 g/mol. The number of hydrogen-bond donors (Lipinski definition) is 1. The van der Waals surface area contributed by atoms with E-state index < -0.39 is 6.09 Å². The molecule has 0 fully saturated rings. The van der Waals surface area contributed by atoms with Crippen LogP contribution in [-0.4, -0.2) is 87.4 Å². The molecular formula is C19H33N5O5. The van der Waals surface area contributed by atoms with Gasteiger partial charge in [0.05, 0.1) is 50.4 Å². The van der Waals surface area contributed by atoms with Gasteiger partial charge in [-0.2, -0.15) is 0 Å². The Morgan fingerprint density at radius 2 is 2.28 bits per heavy atom. The van der Waals surface area contributed by atoms with Crippen LogP contribution in [-0.2, 0) is 27.4 Å². The van der Waals surface area contributed by atoms with Gasteiger partial charge in [0.1, 0.15) is 0 Å². The second kappa shape index (κ2) is 11.1. The lowest BCUT2D eigenvalue weighted by Gasteiger charge is -2.35. The lowest BCUT2D eigenvalue weighted by atomic mass is 10.0. The summed E-state index contributed by atoms with van der Waals surface area (Å²) < 4.78 is 13.0. The summed E-state index contributed by atoms with van der Waals surface area (Å²) in [5.74, 6) is -0.0910. The van der Waals surface area contributed by atoms with E-state index in [1.807, 2.05) is 13.8 Å². The van der Waals surface area contributed by atoms with Gasteiger partial charge in [0, 0.05) is 32.5 Å². The Balaban J connectivity index is 2.23. The largest absolute Gasteiger partial charge is 0.450 e. The van der Waals surface area contributed by atoms with Gasteiger partial charge >= 0.3 is 6.09 Å². The van der Waals surface area contributed by atoms with Crippen LogP contribution >= 0.6 is 0 Å². The maximum absolute atomic E-state index is 12.8. The molecule has 0 saturated carbocycles. The fourth-order valence-corrected chi connectivity index (χ4v) is 3.32. The molecule has 0 aromatic carbocycles. The third-order valence-electron chi connectivity index (χ3n) is 5.17. The lowest BCUT2D eigenvalue weighted by Crippen LogP contribution is -2.48. The molecule has 1 aliphatic heterocycles. The van der Waals surface area contributed by atoms with Crippen LogP contribution in [0.4, 0.5) is 4.79 Å². The number of carbonyl (C=O) groups excluding carboxylic acids is 2. The van der Waals surface area contributed by atoms with E-state index >= 15 is 0 Å². The minimum absolute atomic E-state index is 0.0156. The van der Waals surface area contributed by atoms with Crippen LogP contribution in [0.3, 0.4) is 0 Å². The highest BCUT2D eigenvalue weighted by molar-refractivity contribution is 5.76. The van der Waals surface area contributed by atoms with Crippen LogP contribution in [0.15, 0.2) is 6.20 Å². The van der Waals surface area contributed by atoms with Gasteiger partial charge in [0.15, 0.2) is 0 Å². The van der Waals surface area contributed by atoms with E-state index in [0.29, 0.717) is 45.7 Å². The van der Waals surface area contributed by atoms with Crippen LogP contribution in [0, 0.1) is 5.92 Å². The Bertz CT molecular complexity index is 667. The van der Waals surface area contributed by atoms with E-state index in [0.717, 1.165) is 5.69 Å². The summed E-state index contributed by atoms with van der Waals surface area (Å²) >= 11 is 0. The molecule has 0 unspecified atom stereocenters. The summed E-state index contributed by atoms with van der Waals surface area (Å²) in [7, 11) is 1.66. The molecular weight excluding hydrogens is 378 g/mol. The molecule has 29 heavy (non-hydrogen) atoms. The van der Waals surface area contributed by atoms with E-state index in [-0.39, 0.29) is 30.6 Å². The number of amides is 2. The SMILES string of the molecule is CCOC(=O)N(C)C[C@@H]1OCc2cnnn2CCCC(=O)N([C@H](C)CO)C[C@H]1C. The van der Waals surface area contributed by atoms with Crippen molar-refractivity contribution < 1.29 is 24.2 Å². The number of aliphatic hydroxyl groups excluding tert-OH is 1. The zero-order chi connectivity index (χ0) is 21.4. The number of ether oxygens (including phenoxy) is 2. The first-order valence-electron chi connectivity index (χ1n) is 10.1. The van der Waals surface area contributed by atoms with Gasteiger partial charge in [-0.1, -0.05) is 12.1 Å². The summed E-state index contributed by atoms with van der Waals surface area (Å²) in [4.78, 5) is 28.0. The Hall–Kier alpha value is -2.20. The molecule has 2 rings (SSSR count). The highest BCUT2D eigenvalue weighted by atomic mass is 16.6. The zero-order valence-electron chi connectivity index (χ0n) is 17.8. The molecule has 2 amide bonds. The number of fused-ring (bicyclic) bond motifs is 1. The minimum atomic E-state index is -0.419. The van der Waals surface area contributed by atoms with Crippen LogP contribution in [0.25, 0.3) is 0 Å². The lowest BCUT2D eigenvalue weighted by molar-refractivity contribution is -0.136. The third-order valence-corrected chi connectivity index (χ3v) is 5.17. The van der Waals surface area contributed by atoms with Crippen molar-refractivity contribution in [3.05, 3.63) is 11.9 Å². The van der Waals surface area contributed by atoms with Crippen LogP contribution < -0.4 is 0 Å². The first-order chi connectivity index (χ1) is 13.9. The summed E-state index contributed by atoms with van der Waals surface area (Å²) in [6.45, 7) is 7.37. The van der Waals surface area contributed by atoms with E-state index in [2.05, 4.69) is 10.3 Å². The molecule has 1 aromatic rings. The van der Waals surface area contributed by atoms with Crippen molar-refractivity contribution >= 4 is 12.0 Å². The van der Waals surface area contributed by atoms with Crippen molar-refractivity contribution in [2.75, 3.05) is 33.4 Å². The second-order valence-electron chi connectivity index (χ2n) is 7.54. The number of carbonyl (C=O) groups is 2. The average molecular weight is 412 g/mol. The molecule has 0 saturated heterocycles. The minimum Gasteiger partial charge on any atom is -0.450 e. The summed E-state index contributed by atoms with van der Waals surface area (Å²) in [5, 5.41) is 17.6. The first kappa shape index (κ1) is 23.1. The van der Waals surface area contributed by atoms with Gasteiger partial charge in [-0.15, -0.1) is 5.10 Å². The Morgan fingerprint density at radius 3 is 2.97 bits per heavy atom. The highest BCUT2D eigenvalue weighted by Gasteiger charge is 2.29. The molecule has 10 heteroatoms. The summed E-state index contributed by atoms with van der Waals surface area (Å²) in [6.07, 6.45) is 1.90. The Kier molecular flexibility index (Phi) is 8.84. The molecule has 1 aromatic heterocycles. The predicted molar refractivity (Wildman–Crippen MR) is 105 cm³/mol. The predicted octanol–water partition coefficient (Wildman–Crippen LogP) is 0.891. The van der Waals surface area contributed by atoms with Gasteiger partial charge in [0.2, 0.25) is 5.91 Å². The van der Waals surface area contributed by atoms with Crippen LogP contribution in [0.1, 0.15) is 39.3 Å². The van der Waals surface area contributed by atoms with Gasteiger partial charge in [-0.25, -0.2) is 9.48 Å². The van der Waals surface area contributed by atoms with E-state index in [1.54, 1.807) is 29.7 Å². The topological polar surface area (TPSA) is 110 Å². The van der Waals surface area contributed by atoms with Crippen LogP contribution in [0.2, 0.25) is 0 Å². The van der Waals surface area contributed by atoms with E-state index in [1.165, 1.54) is 4.90 Å². The van der Waals surface area contributed by atoms with Crippen molar-refractivity contribution in [3.63, 3.8) is 0 Å². The molecule has 3 atom stereocenters. The Labute approximate surface area is 171 Å². The van der Waals surface area contributed by atoms with E-state index in [4.69, 9.17) is 9.47 Å². The van der Waals surface area contributed by atoms with Gasteiger partial charge in [0.25, 0.3) is 0 Å². The molecule has 2 heterocycles. The molecule has 0 spiro atoms. The van der Waals surface area contributed by atoms with Crippen molar-refractivity contribution in [2.45, 2.75) is 58.9 Å². The number of rotatable bonds is 5. The maximum Gasteiger partial charge on any atom is 0.409 e. The van der Waals surface area contributed by atoms with E-state index in [9.17, 15) is 14.7 Å². The zero-order valence-corrected chi connectivity index (χ0v) is 17.8. The van der Waals surface area contributed by atoms with Gasteiger partial charge in [-0.05, 0) is 20.3 Å². The number of likely N-dealkylation sites (N-methyl/N-ethyl adjacent to an activating group) is 1. The molecule has 164 valence electrons. The maximum atomic E-state index is 12.8. The normalized spacial score (nSPS) is 22.2. The third kappa shape index (κ3) is 6.40. The number of hydrogen-bond acceptors (Lipinski definition) is 7. The fraction of sp³-hybridized carbons (Fsp3) is 0.789. The average Bonchev–Trinajstić information content (AvgIpc) is 3.14. The molecule has 0 bridgehead atoms. The number of aliphatic hydroxyl groups is 1. The van der Waals surface area contributed by atoms with Crippen molar-refractivity contribution in [3.8, 4) is 0 Å². The molecule has 1 aliphatic rings. The van der Waals surface area contributed by atoms with Crippen molar-refractivity contribution in [1.29, 1.82) is 0 Å². The summed E-state index contributed by atoms with van der Waals surface area (Å²) in [6, 6.07) is -0.293. The molecule has 0 radical (unpaired) electrons. The van der Waals surface area contributed by atoms with Gasteiger partial charge in [-0.3, -0.25) is 4.79 Å².